The lowest BCUT2D eigenvalue weighted by atomic mass is 10.2. The van der Waals surface area contributed by atoms with Gasteiger partial charge < -0.3 is 20.0 Å². The lowest BCUT2D eigenvalue weighted by molar-refractivity contribution is -0.131. The van der Waals surface area contributed by atoms with Gasteiger partial charge in [-0.15, -0.1) is 24.0 Å². The summed E-state index contributed by atoms with van der Waals surface area (Å²) < 4.78 is 13.1. The fourth-order valence-electron chi connectivity index (χ4n) is 4.16. The Morgan fingerprint density at radius 1 is 1.03 bits per heavy atom. The van der Waals surface area contributed by atoms with Gasteiger partial charge in [0, 0.05) is 64.1 Å². The van der Waals surface area contributed by atoms with Crippen LogP contribution in [0.1, 0.15) is 12.0 Å². The van der Waals surface area contributed by atoms with Crippen molar-refractivity contribution < 1.29 is 9.18 Å². The second kappa shape index (κ2) is 10.8. The Labute approximate surface area is 200 Å². The van der Waals surface area contributed by atoms with Crippen LogP contribution in [0.25, 0.3) is 0 Å². The highest BCUT2D eigenvalue weighted by atomic mass is 127. The minimum atomic E-state index is -0.229. The molecule has 1 N–H and O–H groups in total. The number of amides is 1. The van der Waals surface area contributed by atoms with Gasteiger partial charge >= 0.3 is 0 Å². The molecule has 0 atom stereocenters. The molecule has 6 nitrogen and oxygen atoms in total. The van der Waals surface area contributed by atoms with Crippen molar-refractivity contribution in [3.63, 3.8) is 0 Å². The molecule has 2 aliphatic rings. The van der Waals surface area contributed by atoms with E-state index in [0.717, 1.165) is 37.7 Å². The molecule has 0 bridgehead atoms. The van der Waals surface area contributed by atoms with E-state index in [1.807, 2.05) is 11.0 Å². The Kier molecular flexibility index (Phi) is 8.11. The van der Waals surface area contributed by atoms with Crippen molar-refractivity contribution in [1.82, 2.24) is 10.2 Å². The highest BCUT2D eigenvalue weighted by Crippen LogP contribution is 2.27. The van der Waals surface area contributed by atoms with E-state index < -0.39 is 0 Å². The molecule has 8 heteroatoms. The highest BCUT2D eigenvalue weighted by Gasteiger charge is 2.24. The Morgan fingerprint density at radius 3 is 2.45 bits per heavy atom. The molecule has 31 heavy (non-hydrogen) atoms. The lowest BCUT2D eigenvalue weighted by Crippen LogP contribution is -2.49. The summed E-state index contributed by atoms with van der Waals surface area (Å²) in [6, 6.07) is 14.9. The van der Waals surface area contributed by atoms with Gasteiger partial charge in [-0.2, -0.15) is 0 Å². The van der Waals surface area contributed by atoms with Crippen LogP contribution in [0.15, 0.2) is 53.5 Å². The van der Waals surface area contributed by atoms with Crippen LogP contribution in [0.5, 0.6) is 0 Å². The molecule has 0 unspecified atom stereocenters. The van der Waals surface area contributed by atoms with Gasteiger partial charge in [0.05, 0.1) is 0 Å². The summed E-state index contributed by atoms with van der Waals surface area (Å²) in [5, 5.41) is 3.34. The average Bonchev–Trinajstić information content (AvgIpc) is 3.21. The van der Waals surface area contributed by atoms with E-state index in [-0.39, 0.29) is 35.7 Å². The summed E-state index contributed by atoms with van der Waals surface area (Å²) in [5.74, 6) is 0.736. The summed E-state index contributed by atoms with van der Waals surface area (Å²) in [4.78, 5) is 23.3. The monoisotopic (exact) mass is 537 g/mol. The zero-order chi connectivity index (χ0) is 20.9. The van der Waals surface area contributed by atoms with E-state index in [9.17, 15) is 9.18 Å². The van der Waals surface area contributed by atoms with Gasteiger partial charge in [-0.1, -0.05) is 18.2 Å². The van der Waals surface area contributed by atoms with E-state index in [4.69, 9.17) is 0 Å². The third-order valence-corrected chi connectivity index (χ3v) is 5.80. The first-order valence-corrected chi connectivity index (χ1v) is 10.5. The maximum atomic E-state index is 13.1. The van der Waals surface area contributed by atoms with Gasteiger partial charge in [0.25, 0.3) is 0 Å². The quantitative estimate of drug-likeness (QED) is 0.370. The maximum absolute atomic E-state index is 13.1. The summed E-state index contributed by atoms with van der Waals surface area (Å²) >= 11 is 0. The Bertz CT molecular complexity index is 912. The molecule has 1 saturated heterocycles. The van der Waals surface area contributed by atoms with E-state index in [1.165, 1.54) is 23.4 Å². The summed E-state index contributed by atoms with van der Waals surface area (Å²) in [5.41, 5.74) is 3.52. The van der Waals surface area contributed by atoms with Gasteiger partial charge in [0.15, 0.2) is 5.96 Å². The number of hydrogen-bond donors (Lipinski definition) is 1. The number of rotatable bonds is 4. The minimum absolute atomic E-state index is 0. The normalized spacial score (nSPS) is 16.1. The number of nitrogens with one attached hydrogen (secondary N) is 1. The van der Waals surface area contributed by atoms with E-state index in [1.54, 1.807) is 19.2 Å². The molecule has 2 aliphatic heterocycles. The molecular formula is C23H29FIN5O. The van der Waals surface area contributed by atoms with Crippen LogP contribution in [-0.4, -0.2) is 63.1 Å². The first-order chi connectivity index (χ1) is 14.7. The standard InChI is InChI=1S/C23H28FN5O.HI/c1-25-23(29-13-11-18-4-2-3-5-21(18)29)26-12-10-22(30)28-16-14-27(15-17-28)20-8-6-19(24)7-9-20;/h2-9H,10-17H2,1H3,(H,25,26);1H. The predicted molar refractivity (Wildman–Crippen MR) is 134 cm³/mol. The molecule has 166 valence electrons. The van der Waals surface area contributed by atoms with Crippen LogP contribution in [-0.2, 0) is 11.2 Å². The lowest BCUT2D eigenvalue weighted by Gasteiger charge is -2.36. The number of nitrogens with zero attached hydrogens (tertiary/aromatic N) is 4. The van der Waals surface area contributed by atoms with Crippen molar-refractivity contribution in [2.45, 2.75) is 12.8 Å². The van der Waals surface area contributed by atoms with Gasteiger partial charge in [-0.05, 0) is 42.3 Å². The van der Waals surface area contributed by atoms with Crippen molar-refractivity contribution >= 4 is 47.2 Å². The molecule has 2 aromatic carbocycles. The number of benzene rings is 2. The van der Waals surface area contributed by atoms with E-state index in [0.29, 0.717) is 26.1 Å². The molecule has 4 rings (SSSR count). The summed E-state index contributed by atoms with van der Waals surface area (Å²) in [6.45, 7) is 4.35. The Balaban J connectivity index is 0.00000272. The molecule has 1 amide bonds. The van der Waals surface area contributed by atoms with Crippen molar-refractivity contribution in [3.8, 4) is 0 Å². The van der Waals surface area contributed by atoms with Gasteiger partial charge in [-0.3, -0.25) is 9.79 Å². The number of guanidine groups is 1. The molecule has 1 fully saturated rings. The van der Waals surface area contributed by atoms with Crippen LogP contribution in [0.3, 0.4) is 0 Å². The van der Waals surface area contributed by atoms with Crippen LogP contribution in [0.4, 0.5) is 15.8 Å². The topological polar surface area (TPSA) is 51.2 Å². The zero-order valence-electron chi connectivity index (χ0n) is 17.8. The maximum Gasteiger partial charge on any atom is 0.224 e. The zero-order valence-corrected chi connectivity index (χ0v) is 20.1. The molecule has 0 aliphatic carbocycles. The van der Waals surface area contributed by atoms with Gasteiger partial charge in [0.1, 0.15) is 5.82 Å². The Hall–Kier alpha value is -2.36. The molecular weight excluding hydrogens is 508 g/mol. The third kappa shape index (κ3) is 5.47. The molecule has 0 aromatic heterocycles. The number of halogens is 2. The number of aliphatic imine (C=N–C) groups is 1. The van der Waals surface area contributed by atoms with Gasteiger partial charge in [0.2, 0.25) is 5.91 Å². The molecule has 2 aromatic rings. The SMILES string of the molecule is CN=C(NCCC(=O)N1CCN(c2ccc(F)cc2)CC1)N1CCc2ccccc21.I. The van der Waals surface area contributed by atoms with Crippen LogP contribution >= 0.6 is 24.0 Å². The first-order valence-electron chi connectivity index (χ1n) is 10.5. The van der Waals surface area contributed by atoms with Crippen LogP contribution in [0, 0.1) is 5.82 Å². The fraction of sp³-hybridized carbons (Fsp3) is 0.391. The second-order valence-electron chi connectivity index (χ2n) is 7.60. The molecule has 0 radical (unpaired) electrons. The number of para-hydroxylation sites is 1. The van der Waals surface area contributed by atoms with Crippen molar-refractivity contribution in [2.75, 3.05) is 56.1 Å². The minimum Gasteiger partial charge on any atom is -0.368 e. The molecule has 0 saturated carbocycles. The Morgan fingerprint density at radius 2 is 1.74 bits per heavy atom. The first kappa shape index (κ1) is 23.3. The molecule has 0 spiro atoms. The third-order valence-electron chi connectivity index (χ3n) is 5.80. The summed E-state index contributed by atoms with van der Waals surface area (Å²) in [7, 11) is 1.78. The smallest absolute Gasteiger partial charge is 0.224 e. The van der Waals surface area contributed by atoms with Crippen molar-refractivity contribution in [3.05, 3.63) is 59.9 Å². The predicted octanol–water partition coefficient (Wildman–Crippen LogP) is 3.12. The second-order valence-corrected chi connectivity index (χ2v) is 7.60. The number of carbonyl (C=O) groups excluding carboxylic acids is 1. The number of fused-ring (bicyclic) bond motifs is 1. The number of carbonyl (C=O) groups is 1. The van der Waals surface area contributed by atoms with Crippen molar-refractivity contribution in [2.24, 2.45) is 4.99 Å². The fourth-order valence-corrected chi connectivity index (χ4v) is 4.16. The number of anilines is 2. The van der Waals surface area contributed by atoms with Crippen molar-refractivity contribution in [1.29, 1.82) is 0 Å². The molecule has 2 heterocycles. The van der Waals surface area contributed by atoms with E-state index >= 15 is 0 Å². The van der Waals surface area contributed by atoms with Crippen LogP contribution in [0.2, 0.25) is 0 Å². The highest BCUT2D eigenvalue weighted by molar-refractivity contribution is 14.0. The van der Waals surface area contributed by atoms with E-state index in [2.05, 4.69) is 38.3 Å². The average molecular weight is 537 g/mol. The van der Waals surface area contributed by atoms with Gasteiger partial charge in [-0.25, -0.2) is 4.39 Å². The summed E-state index contributed by atoms with van der Waals surface area (Å²) in [6.07, 6.45) is 1.44. The number of hydrogen-bond acceptors (Lipinski definition) is 3. The number of piperazine rings is 1. The van der Waals surface area contributed by atoms with Crippen LogP contribution < -0.4 is 15.1 Å². The largest absolute Gasteiger partial charge is 0.368 e.